The molecular formula is C11H15ClN2OS. The molecule has 5 heteroatoms. The molecule has 3 nitrogen and oxygen atoms in total. The lowest BCUT2D eigenvalue weighted by molar-refractivity contribution is 0.344. The van der Waals surface area contributed by atoms with Gasteiger partial charge in [-0.25, -0.2) is 0 Å². The summed E-state index contributed by atoms with van der Waals surface area (Å²) in [6.07, 6.45) is 0. The number of amidine groups is 1. The van der Waals surface area contributed by atoms with Crippen LogP contribution < -0.4 is 10.1 Å². The average Bonchev–Trinajstić information content (AvgIpc) is 2.32. The molecule has 16 heavy (non-hydrogen) atoms. The maximum atomic E-state index is 5.77. The summed E-state index contributed by atoms with van der Waals surface area (Å²) >= 11 is 7.40. The Morgan fingerprint density at radius 2 is 2.12 bits per heavy atom. The first kappa shape index (κ1) is 13.2. The molecule has 1 aromatic carbocycles. The Balaban J connectivity index is 2.23. The van der Waals surface area contributed by atoms with Gasteiger partial charge in [0.15, 0.2) is 5.17 Å². The Hall–Kier alpha value is -0.870. The zero-order chi connectivity index (χ0) is 11.8. The number of benzene rings is 1. The van der Waals surface area contributed by atoms with Gasteiger partial charge < -0.3 is 10.1 Å². The highest BCUT2D eigenvalue weighted by Gasteiger charge is 1.97. The summed E-state index contributed by atoms with van der Waals surface area (Å²) in [5, 5.41) is 4.63. The van der Waals surface area contributed by atoms with Gasteiger partial charge in [-0.1, -0.05) is 23.4 Å². The van der Waals surface area contributed by atoms with E-state index in [0.717, 1.165) is 21.7 Å². The van der Waals surface area contributed by atoms with Crippen LogP contribution in [0.3, 0.4) is 0 Å². The zero-order valence-electron chi connectivity index (χ0n) is 9.37. The monoisotopic (exact) mass is 258 g/mol. The molecule has 0 atom stereocenters. The topological polar surface area (TPSA) is 33.6 Å². The summed E-state index contributed by atoms with van der Waals surface area (Å²) in [7, 11) is 3.62. The molecule has 0 spiro atoms. The van der Waals surface area contributed by atoms with Gasteiger partial charge in [0.1, 0.15) is 5.75 Å². The first-order valence-electron chi connectivity index (χ1n) is 4.92. The van der Waals surface area contributed by atoms with Gasteiger partial charge >= 0.3 is 0 Å². The highest BCUT2D eigenvalue weighted by atomic mass is 35.5. The van der Waals surface area contributed by atoms with E-state index in [1.807, 2.05) is 31.3 Å². The second kappa shape index (κ2) is 7.41. The number of halogens is 1. The summed E-state index contributed by atoms with van der Waals surface area (Å²) in [6.45, 7) is 0.646. The minimum atomic E-state index is 0.646. The van der Waals surface area contributed by atoms with Gasteiger partial charge in [0.25, 0.3) is 0 Å². The van der Waals surface area contributed by atoms with Gasteiger partial charge in [-0.3, -0.25) is 4.99 Å². The van der Waals surface area contributed by atoms with E-state index in [2.05, 4.69) is 10.3 Å². The largest absolute Gasteiger partial charge is 0.493 e. The summed E-state index contributed by atoms with van der Waals surface area (Å²) in [5.41, 5.74) is 0. The summed E-state index contributed by atoms with van der Waals surface area (Å²) in [5.74, 6) is 1.69. The van der Waals surface area contributed by atoms with Crippen molar-refractivity contribution in [3.63, 3.8) is 0 Å². The predicted molar refractivity (Wildman–Crippen MR) is 71.8 cm³/mol. The van der Waals surface area contributed by atoms with Crippen molar-refractivity contribution < 1.29 is 4.74 Å². The van der Waals surface area contributed by atoms with Gasteiger partial charge in [-0.15, -0.1) is 0 Å². The molecule has 0 aliphatic carbocycles. The molecule has 0 bridgehead atoms. The van der Waals surface area contributed by atoms with E-state index in [-0.39, 0.29) is 0 Å². The third-order valence-corrected chi connectivity index (χ3v) is 3.10. The fourth-order valence-electron chi connectivity index (χ4n) is 1.08. The molecule has 88 valence electrons. The zero-order valence-corrected chi connectivity index (χ0v) is 10.9. The van der Waals surface area contributed by atoms with Crippen LogP contribution in [0.2, 0.25) is 5.02 Å². The molecule has 0 aliphatic heterocycles. The molecule has 0 heterocycles. The van der Waals surface area contributed by atoms with E-state index in [1.54, 1.807) is 18.8 Å². The second-order valence-electron chi connectivity index (χ2n) is 2.93. The van der Waals surface area contributed by atoms with Crippen molar-refractivity contribution in [3.05, 3.63) is 29.3 Å². The van der Waals surface area contributed by atoms with E-state index in [1.165, 1.54) is 0 Å². The Kier molecular flexibility index (Phi) is 6.11. The van der Waals surface area contributed by atoms with Gasteiger partial charge in [-0.05, 0) is 24.3 Å². The molecule has 0 saturated carbocycles. The first-order chi connectivity index (χ1) is 7.76. The third-order valence-electron chi connectivity index (χ3n) is 1.82. The Bertz CT molecular complexity index is 340. The molecule has 1 rings (SSSR count). The van der Waals surface area contributed by atoms with Gasteiger partial charge in [-0.2, -0.15) is 0 Å². The smallest absolute Gasteiger partial charge is 0.156 e. The van der Waals surface area contributed by atoms with Crippen LogP contribution in [0.15, 0.2) is 29.3 Å². The van der Waals surface area contributed by atoms with Crippen molar-refractivity contribution in [2.75, 3.05) is 26.5 Å². The van der Waals surface area contributed by atoms with Crippen molar-refractivity contribution in [1.29, 1.82) is 0 Å². The minimum absolute atomic E-state index is 0.646. The first-order valence-corrected chi connectivity index (χ1v) is 6.28. The lowest BCUT2D eigenvalue weighted by Gasteiger charge is -2.06. The van der Waals surface area contributed by atoms with Crippen LogP contribution >= 0.6 is 23.4 Å². The van der Waals surface area contributed by atoms with Crippen LogP contribution in [-0.4, -0.2) is 31.6 Å². The number of nitrogens with zero attached hydrogens (tertiary/aromatic N) is 1. The maximum absolute atomic E-state index is 5.77. The van der Waals surface area contributed by atoms with Gasteiger partial charge in [0.2, 0.25) is 0 Å². The summed E-state index contributed by atoms with van der Waals surface area (Å²) < 4.78 is 5.54. The van der Waals surface area contributed by atoms with Crippen LogP contribution in [0, 0.1) is 0 Å². The second-order valence-corrected chi connectivity index (χ2v) is 4.45. The minimum Gasteiger partial charge on any atom is -0.493 e. The number of aliphatic imine (C=N–C) groups is 1. The van der Waals surface area contributed by atoms with Crippen molar-refractivity contribution in [1.82, 2.24) is 5.32 Å². The quantitative estimate of drug-likeness (QED) is 0.512. The normalized spacial score (nSPS) is 11.3. The molecule has 1 N–H and O–H groups in total. The SMILES string of the molecule is CN=C(NC)SCCOc1ccc(Cl)cc1. The molecule has 0 amide bonds. The Morgan fingerprint density at radius 1 is 1.44 bits per heavy atom. The fourth-order valence-corrected chi connectivity index (χ4v) is 1.84. The van der Waals surface area contributed by atoms with Crippen LogP contribution in [0.1, 0.15) is 0 Å². The highest BCUT2D eigenvalue weighted by molar-refractivity contribution is 8.13. The summed E-state index contributed by atoms with van der Waals surface area (Å²) in [4.78, 5) is 4.06. The molecule has 1 aromatic rings. The number of nitrogens with one attached hydrogen (secondary N) is 1. The molecule has 0 aliphatic rings. The van der Waals surface area contributed by atoms with E-state index < -0.39 is 0 Å². The number of ether oxygens (including phenoxy) is 1. The lowest BCUT2D eigenvalue weighted by atomic mass is 10.3. The van der Waals surface area contributed by atoms with Crippen molar-refractivity contribution in [2.45, 2.75) is 0 Å². The van der Waals surface area contributed by atoms with E-state index in [9.17, 15) is 0 Å². The van der Waals surface area contributed by atoms with Crippen molar-refractivity contribution >= 4 is 28.5 Å². The van der Waals surface area contributed by atoms with Crippen LogP contribution in [0.5, 0.6) is 5.75 Å². The Morgan fingerprint density at radius 3 is 2.69 bits per heavy atom. The highest BCUT2D eigenvalue weighted by Crippen LogP contribution is 2.15. The fraction of sp³-hybridized carbons (Fsp3) is 0.364. The van der Waals surface area contributed by atoms with E-state index >= 15 is 0 Å². The number of hydrogen-bond acceptors (Lipinski definition) is 3. The predicted octanol–water partition coefficient (Wildman–Crippen LogP) is 2.66. The average molecular weight is 259 g/mol. The summed E-state index contributed by atoms with van der Waals surface area (Å²) in [6, 6.07) is 7.35. The van der Waals surface area contributed by atoms with E-state index in [4.69, 9.17) is 16.3 Å². The molecule has 0 radical (unpaired) electrons. The number of thioether (sulfide) groups is 1. The van der Waals surface area contributed by atoms with Crippen molar-refractivity contribution in [2.24, 2.45) is 4.99 Å². The standard InChI is InChI=1S/C11H15ClN2OS/c1-13-11(14-2)16-8-7-15-10-5-3-9(12)4-6-10/h3-6H,7-8H2,1-2H3,(H,13,14). The molecule has 0 saturated heterocycles. The maximum Gasteiger partial charge on any atom is 0.156 e. The number of rotatable bonds is 4. The lowest BCUT2D eigenvalue weighted by Crippen LogP contribution is -2.15. The third kappa shape index (κ3) is 4.77. The van der Waals surface area contributed by atoms with Gasteiger partial charge in [0, 0.05) is 24.9 Å². The van der Waals surface area contributed by atoms with Crippen LogP contribution in [0.25, 0.3) is 0 Å². The van der Waals surface area contributed by atoms with Gasteiger partial charge in [0.05, 0.1) is 6.61 Å². The molecule has 0 unspecified atom stereocenters. The molecule has 0 fully saturated rings. The molecule has 0 aromatic heterocycles. The number of hydrogen-bond donors (Lipinski definition) is 1. The van der Waals surface area contributed by atoms with E-state index in [0.29, 0.717) is 6.61 Å². The van der Waals surface area contributed by atoms with Crippen LogP contribution in [0.4, 0.5) is 0 Å². The molecular weight excluding hydrogens is 244 g/mol. The Labute approximate surface area is 105 Å². The van der Waals surface area contributed by atoms with Crippen LogP contribution in [-0.2, 0) is 0 Å². The van der Waals surface area contributed by atoms with Crippen molar-refractivity contribution in [3.8, 4) is 5.75 Å².